The summed E-state index contributed by atoms with van der Waals surface area (Å²) in [4.78, 5) is -1.26. The van der Waals surface area contributed by atoms with Gasteiger partial charge in [-0.15, -0.1) is 0 Å². The maximum atomic E-state index is 11.9. The highest BCUT2D eigenvalue weighted by Crippen LogP contribution is 2.32. The molecular weight excluding hydrogens is 245 g/mol. The lowest BCUT2D eigenvalue weighted by atomic mass is 10.6. The summed E-state index contributed by atoms with van der Waals surface area (Å²) in [6.07, 6.45) is 0.401. The van der Waals surface area contributed by atoms with Gasteiger partial charge in [-0.05, 0) is 6.08 Å². The van der Waals surface area contributed by atoms with Crippen LogP contribution in [0, 0.1) is 0 Å². The minimum atomic E-state index is -5.55. The van der Waals surface area contributed by atoms with Crippen LogP contribution in [-0.2, 0) is 19.7 Å². The standard InChI is InChI=1S/C5H3F3O4S2/c6-5(7,8)14(11,12)4-1-2-13(9,10)3-4/h1-3H. The molecule has 1 rings (SSSR count). The van der Waals surface area contributed by atoms with E-state index in [1.165, 1.54) is 0 Å². The van der Waals surface area contributed by atoms with Crippen molar-refractivity contribution in [1.29, 1.82) is 0 Å². The summed E-state index contributed by atoms with van der Waals surface area (Å²) in [5, 5.41) is 0.460. The summed E-state index contributed by atoms with van der Waals surface area (Å²) in [7, 11) is -9.51. The normalized spacial score (nSPS) is 20.9. The van der Waals surface area contributed by atoms with E-state index in [9.17, 15) is 30.0 Å². The molecule has 0 saturated carbocycles. The first-order valence-electron chi connectivity index (χ1n) is 3.02. The summed E-state index contributed by atoms with van der Waals surface area (Å²) in [5.74, 6) is 0. The molecule has 0 aromatic rings. The van der Waals surface area contributed by atoms with E-state index in [2.05, 4.69) is 0 Å². The molecule has 0 saturated heterocycles. The van der Waals surface area contributed by atoms with Crippen LogP contribution in [-0.4, -0.2) is 22.3 Å². The van der Waals surface area contributed by atoms with E-state index >= 15 is 0 Å². The second-order valence-corrected chi connectivity index (χ2v) is 5.99. The Morgan fingerprint density at radius 2 is 1.71 bits per heavy atom. The van der Waals surface area contributed by atoms with Gasteiger partial charge in [-0.3, -0.25) is 0 Å². The van der Waals surface area contributed by atoms with E-state index < -0.39 is 30.1 Å². The molecular formula is C5H3F3O4S2. The van der Waals surface area contributed by atoms with Crippen LogP contribution in [0.5, 0.6) is 0 Å². The topological polar surface area (TPSA) is 68.3 Å². The van der Waals surface area contributed by atoms with Crippen LogP contribution >= 0.6 is 0 Å². The molecule has 0 aromatic heterocycles. The Kier molecular flexibility index (Phi) is 2.27. The largest absolute Gasteiger partial charge is 0.501 e. The van der Waals surface area contributed by atoms with Crippen molar-refractivity contribution in [1.82, 2.24) is 0 Å². The average molecular weight is 248 g/mol. The lowest BCUT2D eigenvalue weighted by molar-refractivity contribution is -0.0425. The van der Waals surface area contributed by atoms with E-state index in [4.69, 9.17) is 0 Å². The number of alkyl halides is 3. The first kappa shape index (κ1) is 11.2. The third-order valence-electron chi connectivity index (χ3n) is 1.32. The molecule has 0 aliphatic carbocycles. The minimum Gasteiger partial charge on any atom is -0.220 e. The van der Waals surface area contributed by atoms with Gasteiger partial charge >= 0.3 is 5.51 Å². The Labute approximate surface area is 77.6 Å². The zero-order chi connectivity index (χ0) is 11.2. The van der Waals surface area contributed by atoms with Gasteiger partial charge in [0.2, 0.25) is 0 Å². The number of sulfone groups is 2. The number of rotatable bonds is 1. The number of allylic oxidation sites excluding steroid dienone is 1. The van der Waals surface area contributed by atoms with Gasteiger partial charge < -0.3 is 0 Å². The lowest BCUT2D eigenvalue weighted by Gasteiger charge is -2.05. The van der Waals surface area contributed by atoms with Crippen LogP contribution in [0.2, 0.25) is 0 Å². The molecule has 4 nitrogen and oxygen atoms in total. The predicted octanol–water partition coefficient (Wildman–Crippen LogP) is 0.705. The average Bonchev–Trinajstić information content (AvgIpc) is 2.28. The quantitative estimate of drug-likeness (QED) is 0.685. The van der Waals surface area contributed by atoms with Crippen molar-refractivity contribution < 1.29 is 30.0 Å². The van der Waals surface area contributed by atoms with Crippen molar-refractivity contribution in [2.45, 2.75) is 5.51 Å². The summed E-state index contributed by atoms with van der Waals surface area (Å²) in [6, 6.07) is 0. The first-order valence-corrected chi connectivity index (χ1v) is 6.12. The van der Waals surface area contributed by atoms with Crippen molar-refractivity contribution in [3.63, 3.8) is 0 Å². The number of hydrogen-bond donors (Lipinski definition) is 0. The highest BCUT2D eigenvalue weighted by atomic mass is 32.2. The highest BCUT2D eigenvalue weighted by Gasteiger charge is 2.48. The molecule has 0 N–H and O–H groups in total. The molecule has 0 fully saturated rings. The number of halogens is 3. The van der Waals surface area contributed by atoms with Crippen LogP contribution < -0.4 is 0 Å². The fraction of sp³-hybridized carbons (Fsp3) is 0.200. The maximum absolute atomic E-state index is 11.9. The summed E-state index contributed by atoms with van der Waals surface area (Å²) < 4.78 is 78.1. The zero-order valence-corrected chi connectivity index (χ0v) is 7.95. The molecule has 9 heteroatoms. The van der Waals surface area contributed by atoms with E-state index in [1.54, 1.807) is 0 Å². The van der Waals surface area contributed by atoms with Crippen LogP contribution in [0.3, 0.4) is 0 Å². The van der Waals surface area contributed by atoms with Crippen molar-refractivity contribution in [3.8, 4) is 0 Å². The molecule has 80 valence electrons. The molecule has 0 radical (unpaired) electrons. The van der Waals surface area contributed by atoms with E-state index in [-0.39, 0.29) is 5.41 Å². The van der Waals surface area contributed by atoms with Crippen molar-refractivity contribution >= 4 is 19.7 Å². The fourth-order valence-electron chi connectivity index (χ4n) is 0.689. The van der Waals surface area contributed by atoms with Gasteiger partial charge in [-0.25, -0.2) is 16.8 Å². The van der Waals surface area contributed by atoms with Gasteiger partial charge in [0, 0.05) is 5.41 Å². The van der Waals surface area contributed by atoms with Crippen LogP contribution in [0.4, 0.5) is 13.2 Å². The Hall–Kier alpha value is -0.830. The summed E-state index contributed by atoms with van der Waals surface area (Å²) in [5.41, 5.74) is -5.48. The second kappa shape index (κ2) is 2.83. The van der Waals surface area contributed by atoms with Crippen molar-refractivity contribution in [3.05, 3.63) is 21.8 Å². The van der Waals surface area contributed by atoms with E-state index in [1.807, 2.05) is 0 Å². The molecule has 0 atom stereocenters. The van der Waals surface area contributed by atoms with Crippen LogP contribution in [0.1, 0.15) is 0 Å². The third kappa shape index (κ3) is 1.82. The van der Waals surface area contributed by atoms with Crippen LogP contribution in [0.25, 0.3) is 0 Å². The van der Waals surface area contributed by atoms with Gasteiger partial charge in [0.15, 0.2) is 9.84 Å². The molecule has 14 heavy (non-hydrogen) atoms. The maximum Gasteiger partial charge on any atom is 0.501 e. The van der Waals surface area contributed by atoms with Crippen molar-refractivity contribution in [2.24, 2.45) is 0 Å². The molecule has 1 heterocycles. The summed E-state index contributed by atoms with van der Waals surface area (Å²) >= 11 is 0. The SMILES string of the molecule is O=S1(=O)C=CC(S(=O)(=O)C(F)(F)F)=C1. The highest BCUT2D eigenvalue weighted by molar-refractivity contribution is 8.01. The second-order valence-electron chi connectivity index (χ2n) is 2.36. The van der Waals surface area contributed by atoms with E-state index in [0.717, 1.165) is 0 Å². The van der Waals surface area contributed by atoms with Gasteiger partial charge in [0.1, 0.15) is 0 Å². The monoisotopic (exact) mass is 248 g/mol. The van der Waals surface area contributed by atoms with Gasteiger partial charge in [0.05, 0.1) is 10.3 Å². The van der Waals surface area contributed by atoms with E-state index in [0.29, 0.717) is 11.5 Å². The minimum absolute atomic E-state index is 0.0653. The van der Waals surface area contributed by atoms with Crippen molar-refractivity contribution in [2.75, 3.05) is 0 Å². The van der Waals surface area contributed by atoms with Crippen LogP contribution in [0.15, 0.2) is 21.8 Å². The number of hydrogen-bond acceptors (Lipinski definition) is 4. The molecule has 0 spiro atoms. The zero-order valence-electron chi connectivity index (χ0n) is 6.32. The fourth-order valence-corrected chi connectivity index (χ4v) is 3.02. The molecule has 1 aliphatic rings. The Balaban J connectivity index is 3.32. The lowest BCUT2D eigenvalue weighted by Crippen LogP contribution is -2.23. The Bertz CT molecular complexity index is 506. The predicted molar refractivity (Wildman–Crippen MR) is 41.1 cm³/mol. The molecule has 1 aliphatic heterocycles. The van der Waals surface area contributed by atoms with Gasteiger partial charge in [-0.2, -0.15) is 13.2 Å². The molecule has 0 amide bonds. The van der Waals surface area contributed by atoms with Gasteiger partial charge in [0.25, 0.3) is 9.84 Å². The third-order valence-corrected chi connectivity index (χ3v) is 4.05. The smallest absolute Gasteiger partial charge is 0.220 e. The Morgan fingerprint density at radius 3 is 2.00 bits per heavy atom. The Morgan fingerprint density at radius 1 is 1.21 bits per heavy atom. The van der Waals surface area contributed by atoms with Gasteiger partial charge in [-0.1, -0.05) is 0 Å². The summed E-state index contributed by atoms with van der Waals surface area (Å²) in [6.45, 7) is 0. The molecule has 0 unspecified atom stereocenters. The molecule has 0 bridgehead atoms. The first-order chi connectivity index (χ1) is 6.06. The molecule has 0 aromatic carbocycles.